The minimum atomic E-state index is -3.71. The van der Waals surface area contributed by atoms with Gasteiger partial charge in [0, 0.05) is 37.8 Å². The van der Waals surface area contributed by atoms with Crippen molar-refractivity contribution < 1.29 is 13.2 Å². The van der Waals surface area contributed by atoms with Crippen LogP contribution in [0.1, 0.15) is 37.0 Å². The van der Waals surface area contributed by atoms with Crippen molar-refractivity contribution in [2.24, 2.45) is 0 Å². The van der Waals surface area contributed by atoms with Gasteiger partial charge in [0.15, 0.2) is 9.84 Å². The lowest BCUT2D eigenvalue weighted by molar-refractivity contribution is -0.121. The van der Waals surface area contributed by atoms with Crippen LogP contribution in [0.15, 0.2) is 53.4 Å². The monoisotopic (exact) mass is 422 g/mol. The zero-order chi connectivity index (χ0) is 20.7. The molecule has 0 aliphatic rings. The van der Waals surface area contributed by atoms with E-state index in [1.165, 1.54) is 12.1 Å². The molecular formula is C21H27ClN2O3S. The first-order valence-electron chi connectivity index (χ1n) is 9.29. The number of halogens is 1. The number of hydrogen-bond acceptors (Lipinski definition) is 4. The molecule has 1 N–H and O–H groups in total. The van der Waals surface area contributed by atoms with Gasteiger partial charge in [-0.25, -0.2) is 8.42 Å². The molecule has 0 fully saturated rings. The van der Waals surface area contributed by atoms with E-state index in [0.717, 1.165) is 18.5 Å². The van der Waals surface area contributed by atoms with E-state index in [0.29, 0.717) is 17.0 Å². The number of anilines is 1. The lowest BCUT2D eigenvalue weighted by atomic mass is 10.1. The first-order valence-corrected chi connectivity index (χ1v) is 11.2. The molecule has 0 bridgehead atoms. The van der Waals surface area contributed by atoms with Crippen LogP contribution in [0.3, 0.4) is 0 Å². The van der Waals surface area contributed by atoms with Crippen LogP contribution >= 0.6 is 11.6 Å². The summed E-state index contributed by atoms with van der Waals surface area (Å²) < 4.78 is 26.6. The molecular weight excluding hydrogens is 396 g/mol. The van der Waals surface area contributed by atoms with Crippen LogP contribution in [-0.2, 0) is 14.6 Å². The molecule has 0 saturated carbocycles. The highest BCUT2D eigenvalue weighted by Gasteiger charge is 2.29. The van der Waals surface area contributed by atoms with Gasteiger partial charge in [0.2, 0.25) is 5.91 Å². The molecule has 0 saturated heterocycles. The molecule has 1 atom stereocenters. The lowest BCUT2D eigenvalue weighted by Crippen LogP contribution is -2.31. The number of carbonyl (C=O) groups excluding carboxylic acids is 1. The predicted octanol–water partition coefficient (Wildman–Crippen LogP) is 4.23. The lowest BCUT2D eigenvalue weighted by Gasteiger charge is -2.20. The average molecular weight is 423 g/mol. The number of nitrogens with zero attached hydrogens (tertiary/aromatic N) is 1. The van der Waals surface area contributed by atoms with Crippen molar-refractivity contribution in [2.75, 3.05) is 25.5 Å². The largest absolute Gasteiger partial charge is 0.378 e. The van der Waals surface area contributed by atoms with Crippen LogP contribution < -0.4 is 10.2 Å². The SMILES string of the molecule is CCCCC(=O)NC[C@H](c1ccc(N(C)C)cc1)S(=O)(=O)c1ccc(Cl)cc1. The normalized spacial score (nSPS) is 12.4. The first-order chi connectivity index (χ1) is 13.3. The van der Waals surface area contributed by atoms with E-state index < -0.39 is 15.1 Å². The van der Waals surface area contributed by atoms with Crippen LogP contribution in [0.4, 0.5) is 5.69 Å². The summed E-state index contributed by atoms with van der Waals surface area (Å²) in [6, 6.07) is 13.4. The second-order valence-corrected chi connectivity index (χ2v) is 9.45. The molecule has 2 rings (SSSR count). The number of amides is 1. The average Bonchev–Trinajstić information content (AvgIpc) is 2.67. The van der Waals surface area contributed by atoms with Gasteiger partial charge in [-0.2, -0.15) is 0 Å². The predicted molar refractivity (Wildman–Crippen MR) is 115 cm³/mol. The van der Waals surface area contributed by atoms with Gasteiger partial charge in [0.05, 0.1) is 4.90 Å². The maximum atomic E-state index is 13.3. The van der Waals surface area contributed by atoms with Crippen LogP contribution in [-0.4, -0.2) is 35.0 Å². The number of nitrogens with one attached hydrogen (secondary N) is 1. The van der Waals surface area contributed by atoms with Gasteiger partial charge in [-0.3, -0.25) is 4.79 Å². The number of unbranched alkanes of at least 4 members (excludes halogenated alkanes) is 1. The summed E-state index contributed by atoms with van der Waals surface area (Å²) in [5.74, 6) is -0.136. The van der Waals surface area contributed by atoms with Gasteiger partial charge in [-0.15, -0.1) is 0 Å². The van der Waals surface area contributed by atoms with Crippen molar-refractivity contribution in [1.82, 2.24) is 5.32 Å². The molecule has 2 aromatic carbocycles. The van der Waals surface area contributed by atoms with Gasteiger partial charge >= 0.3 is 0 Å². The Morgan fingerprint density at radius 2 is 1.68 bits per heavy atom. The Morgan fingerprint density at radius 3 is 2.21 bits per heavy atom. The third-order valence-electron chi connectivity index (χ3n) is 4.54. The molecule has 5 nitrogen and oxygen atoms in total. The van der Waals surface area contributed by atoms with E-state index in [1.807, 2.05) is 38.1 Å². The minimum absolute atomic E-state index is 0.0226. The van der Waals surface area contributed by atoms with Crippen molar-refractivity contribution in [3.63, 3.8) is 0 Å². The Morgan fingerprint density at radius 1 is 1.07 bits per heavy atom. The Kier molecular flexibility index (Phi) is 7.89. The van der Waals surface area contributed by atoms with Gasteiger partial charge in [-0.05, 0) is 48.4 Å². The fraction of sp³-hybridized carbons (Fsp3) is 0.381. The highest BCUT2D eigenvalue weighted by atomic mass is 35.5. The van der Waals surface area contributed by atoms with E-state index in [9.17, 15) is 13.2 Å². The van der Waals surface area contributed by atoms with E-state index in [1.54, 1.807) is 24.3 Å². The summed E-state index contributed by atoms with van der Waals surface area (Å²) in [6.07, 6.45) is 2.08. The molecule has 2 aromatic rings. The summed E-state index contributed by atoms with van der Waals surface area (Å²) in [7, 11) is 0.136. The van der Waals surface area contributed by atoms with Gasteiger partial charge < -0.3 is 10.2 Å². The van der Waals surface area contributed by atoms with Gasteiger partial charge in [0.25, 0.3) is 0 Å². The molecule has 7 heteroatoms. The molecule has 0 unspecified atom stereocenters. The van der Waals surface area contributed by atoms with Crippen molar-refractivity contribution >= 4 is 33.0 Å². The molecule has 152 valence electrons. The maximum absolute atomic E-state index is 13.3. The second-order valence-electron chi connectivity index (χ2n) is 6.88. The van der Waals surface area contributed by atoms with Crippen molar-refractivity contribution in [1.29, 1.82) is 0 Å². The number of benzene rings is 2. The zero-order valence-electron chi connectivity index (χ0n) is 16.5. The standard InChI is InChI=1S/C21H27ClN2O3S/c1-4-5-6-21(25)23-15-20(16-7-11-18(12-8-16)24(2)3)28(26,27)19-13-9-17(22)10-14-19/h7-14,20H,4-6,15H2,1-3H3,(H,23,25)/t20-/m1/s1. The maximum Gasteiger partial charge on any atom is 0.220 e. The van der Waals surface area contributed by atoms with E-state index in [-0.39, 0.29) is 17.3 Å². The van der Waals surface area contributed by atoms with E-state index in [2.05, 4.69) is 5.32 Å². The topological polar surface area (TPSA) is 66.5 Å². The van der Waals surface area contributed by atoms with Crippen molar-refractivity contribution in [2.45, 2.75) is 36.3 Å². The highest BCUT2D eigenvalue weighted by molar-refractivity contribution is 7.91. The third-order valence-corrected chi connectivity index (χ3v) is 6.91. The van der Waals surface area contributed by atoms with Crippen molar-refractivity contribution in [3.8, 4) is 0 Å². The fourth-order valence-corrected chi connectivity index (χ4v) is 4.60. The quantitative estimate of drug-likeness (QED) is 0.656. The molecule has 28 heavy (non-hydrogen) atoms. The Labute approximate surface area is 172 Å². The summed E-state index contributed by atoms with van der Waals surface area (Å²) in [4.78, 5) is 14.2. The molecule has 0 aliphatic carbocycles. The second kappa shape index (κ2) is 9.94. The van der Waals surface area contributed by atoms with Crippen LogP contribution in [0, 0.1) is 0 Å². The summed E-state index contributed by atoms with van der Waals surface area (Å²) in [5, 5.41) is 2.38. The number of carbonyl (C=O) groups is 1. The Bertz CT molecular complexity index is 879. The Balaban J connectivity index is 2.34. The number of hydrogen-bond donors (Lipinski definition) is 1. The third kappa shape index (κ3) is 5.72. The zero-order valence-corrected chi connectivity index (χ0v) is 18.1. The Hall–Kier alpha value is -2.05. The molecule has 1 amide bonds. The molecule has 0 aliphatic heterocycles. The van der Waals surface area contributed by atoms with Crippen molar-refractivity contribution in [3.05, 3.63) is 59.1 Å². The van der Waals surface area contributed by atoms with Gasteiger partial charge in [0.1, 0.15) is 5.25 Å². The summed E-state index contributed by atoms with van der Waals surface area (Å²) >= 11 is 5.90. The smallest absolute Gasteiger partial charge is 0.220 e. The highest BCUT2D eigenvalue weighted by Crippen LogP contribution is 2.30. The molecule has 0 radical (unpaired) electrons. The molecule has 0 spiro atoms. The minimum Gasteiger partial charge on any atom is -0.378 e. The van der Waals surface area contributed by atoms with E-state index >= 15 is 0 Å². The number of sulfone groups is 1. The first kappa shape index (κ1) is 22.2. The van der Waals surface area contributed by atoms with E-state index in [4.69, 9.17) is 11.6 Å². The van der Waals surface area contributed by atoms with Crippen LogP contribution in [0.5, 0.6) is 0 Å². The molecule has 0 heterocycles. The van der Waals surface area contributed by atoms with Crippen LogP contribution in [0.2, 0.25) is 5.02 Å². The molecule has 0 aromatic heterocycles. The summed E-state index contributed by atoms with van der Waals surface area (Å²) in [5.41, 5.74) is 1.61. The van der Waals surface area contributed by atoms with Crippen LogP contribution in [0.25, 0.3) is 0 Å². The van der Waals surface area contributed by atoms with Gasteiger partial charge in [-0.1, -0.05) is 37.1 Å². The summed E-state index contributed by atoms with van der Waals surface area (Å²) in [6.45, 7) is 2.03. The number of rotatable bonds is 9. The fourth-order valence-electron chi connectivity index (χ4n) is 2.81.